The second-order valence-corrected chi connectivity index (χ2v) is 19.1. The molecule has 70 heavy (non-hydrogen) atoms. The van der Waals surface area contributed by atoms with Crippen molar-refractivity contribution in [1.29, 1.82) is 0 Å². The van der Waals surface area contributed by atoms with E-state index in [9.17, 15) is 29.1 Å². The largest absolute Gasteiger partial charge is 0.490 e. The molecule has 16 nitrogen and oxygen atoms in total. The maximum absolute atomic E-state index is 16.1. The van der Waals surface area contributed by atoms with E-state index in [-0.39, 0.29) is 65.8 Å². The number of thiazole rings is 1. The van der Waals surface area contributed by atoms with Crippen molar-refractivity contribution in [3.63, 3.8) is 0 Å². The van der Waals surface area contributed by atoms with Crippen LogP contribution in [-0.4, -0.2) is 92.1 Å². The molecule has 6 heterocycles. The Balaban J connectivity index is 0.709. The van der Waals surface area contributed by atoms with Gasteiger partial charge in [0.2, 0.25) is 17.7 Å². The van der Waals surface area contributed by atoms with Crippen LogP contribution in [0.4, 0.5) is 21.0 Å². The molecule has 0 bridgehead atoms. The number of carbonyl (C=O) groups is 5. The highest BCUT2D eigenvalue weighted by atomic mass is 32.1. The lowest BCUT2D eigenvalue weighted by Gasteiger charge is -2.31. The molecule has 3 aliphatic rings. The van der Waals surface area contributed by atoms with Crippen LogP contribution >= 0.6 is 11.3 Å². The van der Waals surface area contributed by atoms with E-state index in [1.807, 2.05) is 53.4 Å². The minimum Gasteiger partial charge on any atom is -0.490 e. The molecule has 2 saturated heterocycles. The summed E-state index contributed by atoms with van der Waals surface area (Å²) in [6.45, 7) is 2.92. The molecule has 0 spiro atoms. The van der Waals surface area contributed by atoms with Crippen molar-refractivity contribution in [2.75, 3.05) is 48.3 Å². The predicted octanol–water partition coefficient (Wildman–Crippen LogP) is 7.93. The zero-order valence-corrected chi connectivity index (χ0v) is 39.2. The number of aryl methyl sites for hydroxylation is 1. The maximum atomic E-state index is 16.1. The van der Waals surface area contributed by atoms with Crippen LogP contribution in [0.3, 0.4) is 0 Å². The number of aromatic carboxylic acids is 1. The topological polar surface area (TPSA) is 201 Å². The van der Waals surface area contributed by atoms with E-state index >= 15 is 4.39 Å². The highest BCUT2D eigenvalue weighted by Gasteiger charge is 2.32. The summed E-state index contributed by atoms with van der Waals surface area (Å²) in [6, 6.07) is 26.8. The summed E-state index contributed by atoms with van der Waals surface area (Å²) in [4.78, 5) is 76.7. The van der Waals surface area contributed by atoms with Crippen molar-refractivity contribution in [1.82, 2.24) is 30.0 Å². The number of ether oxygens (including phenoxy) is 1. The summed E-state index contributed by atoms with van der Waals surface area (Å²) in [5.74, 6) is -2.65. The monoisotopic (exact) mass is 963 g/mol. The molecule has 0 radical (unpaired) electrons. The van der Waals surface area contributed by atoms with Gasteiger partial charge in [-0.1, -0.05) is 47.7 Å². The average Bonchev–Trinajstić information content (AvgIpc) is 3.92. The van der Waals surface area contributed by atoms with Gasteiger partial charge in [-0.25, -0.2) is 19.2 Å². The van der Waals surface area contributed by atoms with Gasteiger partial charge in [-0.05, 0) is 123 Å². The number of aromatic nitrogens is 4. The van der Waals surface area contributed by atoms with Crippen LogP contribution in [0.2, 0.25) is 0 Å². The number of piperidine rings is 2. The van der Waals surface area contributed by atoms with Crippen molar-refractivity contribution in [2.45, 2.75) is 57.4 Å². The number of amides is 4. The number of imide groups is 1. The van der Waals surface area contributed by atoms with E-state index < -0.39 is 17.7 Å². The number of pyridine rings is 1. The minimum absolute atomic E-state index is 0.0281. The number of benzene rings is 4. The van der Waals surface area contributed by atoms with Gasteiger partial charge in [-0.15, -0.1) is 0 Å². The molecule has 1 atom stereocenters. The first kappa shape index (κ1) is 46.2. The normalized spacial score (nSPS) is 16.5. The van der Waals surface area contributed by atoms with Crippen molar-refractivity contribution in [2.24, 2.45) is 13.0 Å². The lowest BCUT2D eigenvalue weighted by atomic mass is 9.92. The highest BCUT2D eigenvalue weighted by Crippen LogP contribution is 2.36. The summed E-state index contributed by atoms with van der Waals surface area (Å²) in [5, 5.41) is 24.6. The van der Waals surface area contributed by atoms with Crippen LogP contribution in [-0.2, 0) is 34.4 Å². The summed E-state index contributed by atoms with van der Waals surface area (Å²) in [5.41, 5.74) is 5.07. The smallest absolute Gasteiger partial charge is 0.355 e. The van der Waals surface area contributed by atoms with E-state index in [1.165, 1.54) is 23.5 Å². The van der Waals surface area contributed by atoms with E-state index in [0.717, 1.165) is 64.6 Å². The first-order chi connectivity index (χ1) is 33.9. The molecule has 7 aromatic rings. The number of likely N-dealkylation sites (tertiary alicyclic amines) is 1. The van der Waals surface area contributed by atoms with Crippen LogP contribution in [0.5, 0.6) is 5.75 Å². The second kappa shape index (κ2) is 19.8. The first-order valence-electron chi connectivity index (χ1n) is 23.5. The van der Waals surface area contributed by atoms with Gasteiger partial charge in [0.15, 0.2) is 22.4 Å². The number of hydrogen-bond donors (Lipinski definition) is 4. The molecule has 1 unspecified atom stereocenters. The fourth-order valence-corrected chi connectivity index (χ4v) is 10.7. The van der Waals surface area contributed by atoms with E-state index in [1.54, 1.807) is 42.1 Å². The lowest BCUT2D eigenvalue weighted by Crippen LogP contribution is -2.39. The zero-order valence-electron chi connectivity index (χ0n) is 38.4. The van der Waals surface area contributed by atoms with Gasteiger partial charge in [-0.3, -0.25) is 39.4 Å². The van der Waals surface area contributed by atoms with Gasteiger partial charge in [-0.2, -0.15) is 5.10 Å². The van der Waals surface area contributed by atoms with E-state index in [4.69, 9.17) is 4.74 Å². The van der Waals surface area contributed by atoms with Crippen molar-refractivity contribution >= 4 is 78.7 Å². The van der Waals surface area contributed by atoms with Crippen molar-refractivity contribution in [3.8, 4) is 16.9 Å². The molecule has 3 aromatic heterocycles. The SMILES string of the molecule is Cn1nc(C2CCC(=O)NC2=O)c2ccc(NC(=O)CN3CCC(CCCOc4cccc(-c5ccc(N6CCc7cccc(C(=O)Nc8nc9ccccc9s8)c7C6)nc5C(=O)O)c4F)CC3)cc21. The van der Waals surface area contributed by atoms with Gasteiger partial charge in [0.1, 0.15) is 5.82 Å². The standard InChI is InChI=1S/C52H50FN9O7S/c1-60-40-27-32(14-15-36(40)47(59-60)37-17-19-44(63)57-50(37)66)54-45(64)29-61-23-20-30(21-24-61)7-6-26-69-41-12-5-9-33(46(41)53)34-16-18-43(56-48(34)51(67)68)62-25-22-31-8-4-10-35(38(31)28-62)49(65)58-52-55-39-11-2-3-13-42(39)70-52/h2-5,8-16,18,27,30,37H,6-7,17,19-26,28-29H2,1H3,(H,54,64)(H,67,68)(H,55,58,65)(H,57,63,66). The lowest BCUT2D eigenvalue weighted by molar-refractivity contribution is -0.134. The molecular formula is C52H50FN9O7S. The Morgan fingerprint density at radius 3 is 2.54 bits per heavy atom. The Hall–Kier alpha value is -7.57. The summed E-state index contributed by atoms with van der Waals surface area (Å²) >= 11 is 1.40. The Morgan fingerprint density at radius 2 is 1.73 bits per heavy atom. The highest BCUT2D eigenvalue weighted by molar-refractivity contribution is 7.22. The number of nitrogens with zero attached hydrogens (tertiary/aromatic N) is 6. The van der Waals surface area contributed by atoms with Gasteiger partial charge >= 0.3 is 5.97 Å². The number of rotatable bonds is 14. The number of carbonyl (C=O) groups excluding carboxylic acids is 4. The van der Waals surface area contributed by atoms with Gasteiger partial charge in [0.05, 0.1) is 40.5 Å². The first-order valence-corrected chi connectivity index (χ1v) is 24.3. The number of hydrogen-bond acceptors (Lipinski definition) is 12. The van der Waals surface area contributed by atoms with Crippen molar-refractivity contribution in [3.05, 3.63) is 125 Å². The van der Waals surface area contributed by atoms with Gasteiger partial charge in [0.25, 0.3) is 5.91 Å². The third-order valence-corrected chi connectivity index (χ3v) is 14.5. The molecule has 2 fully saturated rings. The molecule has 10 rings (SSSR count). The Labute approximate surface area is 405 Å². The van der Waals surface area contributed by atoms with Crippen molar-refractivity contribution < 1.29 is 38.2 Å². The van der Waals surface area contributed by atoms with Crippen LogP contribution in [0, 0.1) is 11.7 Å². The number of para-hydroxylation sites is 1. The second-order valence-electron chi connectivity index (χ2n) is 18.0. The number of carboxylic acids is 1. The summed E-state index contributed by atoms with van der Waals surface area (Å²) in [6.07, 6.45) is 4.67. The third kappa shape index (κ3) is 9.69. The fourth-order valence-electron chi connectivity index (χ4n) is 9.88. The predicted molar refractivity (Wildman–Crippen MR) is 264 cm³/mol. The summed E-state index contributed by atoms with van der Waals surface area (Å²) in [7, 11) is 1.79. The number of carboxylic acid groups (broad SMARTS) is 1. The van der Waals surface area contributed by atoms with Gasteiger partial charge < -0.3 is 20.1 Å². The molecule has 4 amide bonds. The fraction of sp³-hybridized carbons (Fsp3) is 0.308. The molecule has 3 aliphatic heterocycles. The Bertz CT molecular complexity index is 3170. The number of anilines is 3. The molecule has 18 heteroatoms. The van der Waals surface area contributed by atoms with E-state index in [2.05, 4.69) is 35.9 Å². The molecule has 4 N–H and O–H groups in total. The van der Waals surface area contributed by atoms with Crippen LogP contribution < -0.4 is 25.6 Å². The Kier molecular flexibility index (Phi) is 13.1. The van der Waals surface area contributed by atoms with Gasteiger partial charge in [0, 0.05) is 54.3 Å². The third-order valence-electron chi connectivity index (χ3n) is 13.5. The number of nitrogens with one attached hydrogen (secondary N) is 3. The quantitative estimate of drug-likeness (QED) is 0.0607. The number of halogens is 1. The van der Waals surface area contributed by atoms with E-state index in [0.29, 0.717) is 66.2 Å². The Morgan fingerprint density at radius 1 is 0.900 bits per heavy atom. The molecular weight excluding hydrogens is 914 g/mol. The zero-order chi connectivity index (χ0) is 48.5. The molecule has 0 saturated carbocycles. The van der Waals surface area contributed by atoms with Crippen LogP contribution in [0.25, 0.3) is 32.2 Å². The number of fused-ring (bicyclic) bond motifs is 3. The maximum Gasteiger partial charge on any atom is 0.355 e. The summed E-state index contributed by atoms with van der Waals surface area (Å²) < 4.78 is 24.7. The molecule has 0 aliphatic carbocycles. The average molecular weight is 964 g/mol. The molecule has 358 valence electrons. The molecule has 4 aromatic carbocycles. The van der Waals surface area contributed by atoms with Crippen LogP contribution in [0.1, 0.15) is 82.1 Å². The minimum atomic E-state index is -1.30. The van der Waals surface area contributed by atoms with Crippen LogP contribution in [0.15, 0.2) is 91.0 Å².